The summed E-state index contributed by atoms with van der Waals surface area (Å²) < 4.78 is 41.2. The summed E-state index contributed by atoms with van der Waals surface area (Å²) in [6.07, 6.45) is 2.74. The number of hydrogen-bond acceptors (Lipinski definition) is 6. The van der Waals surface area contributed by atoms with Gasteiger partial charge in [-0.05, 0) is 43.6 Å². The van der Waals surface area contributed by atoms with E-state index >= 15 is 0 Å². The number of hydrogen-bond donors (Lipinski definition) is 0. The SMILES string of the molecule is CSC(SC)=C(C(=O)c1ccc(C(F)(F)F)cc1-n1cncn1)C(=O)C1CC1. The zero-order valence-corrected chi connectivity index (χ0v) is 16.6. The molecule has 5 nitrogen and oxygen atoms in total. The highest BCUT2D eigenvalue weighted by Crippen LogP contribution is 2.39. The van der Waals surface area contributed by atoms with Crippen LogP contribution in [0.4, 0.5) is 13.2 Å². The fourth-order valence-corrected chi connectivity index (χ4v) is 4.16. The zero-order chi connectivity index (χ0) is 20.5. The van der Waals surface area contributed by atoms with Crippen molar-refractivity contribution in [2.75, 3.05) is 12.5 Å². The Labute approximate surface area is 167 Å². The van der Waals surface area contributed by atoms with E-state index in [0.29, 0.717) is 17.1 Å². The molecule has 1 heterocycles. The number of halogens is 3. The molecule has 1 fully saturated rings. The molecule has 1 aromatic carbocycles. The molecule has 10 heteroatoms. The highest BCUT2D eigenvalue weighted by Gasteiger charge is 2.38. The quantitative estimate of drug-likeness (QED) is 0.283. The molecule has 0 saturated heterocycles. The maximum absolute atomic E-state index is 13.3. The van der Waals surface area contributed by atoms with Crippen LogP contribution in [0, 0.1) is 5.92 Å². The number of alkyl halides is 3. The fraction of sp³-hybridized carbons (Fsp3) is 0.333. The van der Waals surface area contributed by atoms with Crippen LogP contribution in [0.25, 0.3) is 5.69 Å². The summed E-state index contributed by atoms with van der Waals surface area (Å²) in [7, 11) is 0. The van der Waals surface area contributed by atoms with E-state index in [-0.39, 0.29) is 28.5 Å². The lowest BCUT2D eigenvalue weighted by atomic mass is 9.96. The van der Waals surface area contributed by atoms with Gasteiger partial charge in [-0.1, -0.05) is 0 Å². The van der Waals surface area contributed by atoms with E-state index in [2.05, 4.69) is 10.1 Å². The van der Waals surface area contributed by atoms with Gasteiger partial charge in [0.15, 0.2) is 11.6 Å². The molecular formula is C18H16F3N3O2S2. The number of Topliss-reactive ketones (excluding diaryl/α,β-unsaturated/α-hetero) is 2. The molecule has 0 unspecified atom stereocenters. The monoisotopic (exact) mass is 427 g/mol. The second-order valence-electron chi connectivity index (χ2n) is 6.11. The Bertz CT molecular complexity index is 930. The van der Waals surface area contributed by atoms with Crippen molar-refractivity contribution in [2.24, 2.45) is 5.92 Å². The normalized spacial score (nSPS) is 14.0. The zero-order valence-electron chi connectivity index (χ0n) is 15.0. The van der Waals surface area contributed by atoms with Crippen molar-refractivity contribution in [3.8, 4) is 5.69 Å². The smallest absolute Gasteiger partial charge is 0.294 e. The van der Waals surface area contributed by atoms with Crippen molar-refractivity contribution in [1.29, 1.82) is 0 Å². The van der Waals surface area contributed by atoms with Gasteiger partial charge in [0.2, 0.25) is 0 Å². The molecule has 148 valence electrons. The van der Waals surface area contributed by atoms with E-state index in [0.717, 1.165) is 29.2 Å². The molecule has 0 bridgehead atoms. The highest BCUT2D eigenvalue weighted by atomic mass is 32.2. The van der Waals surface area contributed by atoms with E-state index in [4.69, 9.17) is 0 Å². The molecule has 28 heavy (non-hydrogen) atoms. The molecule has 0 atom stereocenters. The predicted molar refractivity (Wildman–Crippen MR) is 102 cm³/mol. The van der Waals surface area contributed by atoms with Gasteiger partial charge >= 0.3 is 6.18 Å². The Morgan fingerprint density at radius 3 is 2.36 bits per heavy atom. The Kier molecular flexibility index (Phi) is 5.99. The third-order valence-electron chi connectivity index (χ3n) is 4.23. The summed E-state index contributed by atoms with van der Waals surface area (Å²) in [4.78, 5) is 29.8. The van der Waals surface area contributed by atoms with Crippen LogP contribution in [0.3, 0.4) is 0 Å². The Morgan fingerprint density at radius 2 is 1.86 bits per heavy atom. The summed E-state index contributed by atoms with van der Waals surface area (Å²) in [5.74, 6) is -1.06. The van der Waals surface area contributed by atoms with Gasteiger partial charge in [0, 0.05) is 11.5 Å². The van der Waals surface area contributed by atoms with Crippen LogP contribution in [0.15, 0.2) is 40.7 Å². The van der Waals surface area contributed by atoms with Gasteiger partial charge in [-0.25, -0.2) is 9.67 Å². The van der Waals surface area contributed by atoms with Gasteiger partial charge < -0.3 is 0 Å². The van der Waals surface area contributed by atoms with Crippen molar-refractivity contribution < 1.29 is 22.8 Å². The molecule has 0 N–H and O–H groups in total. The number of carbonyl (C=O) groups excluding carboxylic acids is 2. The van der Waals surface area contributed by atoms with Crippen molar-refractivity contribution in [3.63, 3.8) is 0 Å². The topological polar surface area (TPSA) is 64.8 Å². The van der Waals surface area contributed by atoms with E-state index in [1.165, 1.54) is 29.9 Å². The number of ketones is 2. The van der Waals surface area contributed by atoms with Crippen LogP contribution >= 0.6 is 23.5 Å². The summed E-state index contributed by atoms with van der Waals surface area (Å²) >= 11 is 2.54. The van der Waals surface area contributed by atoms with Crippen molar-refractivity contribution in [2.45, 2.75) is 19.0 Å². The van der Waals surface area contributed by atoms with Crippen LogP contribution in [0.2, 0.25) is 0 Å². The van der Waals surface area contributed by atoms with Gasteiger partial charge in [0.25, 0.3) is 0 Å². The maximum atomic E-state index is 13.3. The van der Waals surface area contributed by atoms with Gasteiger partial charge in [-0.2, -0.15) is 18.3 Å². The minimum Gasteiger partial charge on any atom is -0.294 e. The molecule has 1 aliphatic carbocycles. The lowest BCUT2D eigenvalue weighted by molar-refractivity contribution is -0.137. The fourth-order valence-electron chi connectivity index (χ4n) is 2.70. The minimum atomic E-state index is -4.58. The molecule has 1 saturated carbocycles. The number of aromatic nitrogens is 3. The molecule has 0 aliphatic heterocycles. The van der Waals surface area contributed by atoms with Gasteiger partial charge in [0.05, 0.1) is 21.1 Å². The first-order valence-corrected chi connectivity index (χ1v) is 10.7. The van der Waals surface area contributed by atoms with E-state index in [9.17, 15) is 22.8 Å². The van der Waals surface area contributed by atoms with E-state index in [1.54, 1.807) is 12.5 Å². The van der Waals surface area contributed by atoms with Crippen molar-refractivity contribution >= 4 is 35.1 Å². The Morgan fingerprint density at radius 1 is 1.18 bits per heavy atom. The summed E-state index contributed by atoms with van der Waals surface area (Å²) in [6.45, 7) is 0. The Hall–Kier alpha value is -2.07. The van der Waals surface area contributed by atoms with Crippen molar-refractivity contribution in [3.05, 3.63) is 51.8 Å². The third kappa shape index (κ3) is 4.17. The third-order valence-corrected chi connectivity index (χ3v) is 6.38. The van der Waals surface area contributed by atoms with Crippen LogP contribution < -0.4 is 0 Å². The molecular weight excluding hydrogens is 411 g/mol. The molecule has 0 spiro atoms. The first-order valence-electron chi connectivity index (χ1n) is 8.25. The predicted octanol–water partition coefficient (Wildman–Crippen LogP) is 4.39. The lowest BCUT2D eigenvalue weighted by Crippen LogP contribution is -2.19. The second-order valence-corrected chi connectivity index (χ2v) is 8.00. The first kappa shape index (κ1) is 20.7. The molecule has 2 aromatic rings. The minimum absolute atomic E-state index is 0.0249. The lowest BCUT2D eigenvalue weighted by Gasteiger charge is -2.15. The molecule has 0 radical (unpaired) electrons. The molecule has 1 aliphatic rings. The van der Waals surface area contributed by atoms with Gasteiger partial charge in [-0.3, -0.25) is 9.59 Å². The second kappa shape index (κ2) is 8.12. The molecule has 3 rings (SSSR count). The van der Waals surface area contributed by atoms with Crippen LogP contribution in [0.5, 0.6) is 0 Å². The van der Waals surface area contributed by atoms with Crippen LogP contribution in [0.1, 0.15) is 28.8 Å². The molecule has 1 aromatic heterocycles. The van der Waals surface area contributed by atoms with Crippen molar-refractivity contribution in [1.82, 2.24) is 14.8 Å². The number of thioether (sulfide) groups is 2. The van der Waals surface area contributed by atoms with E-state index < -0.39 is 17.5 Å². The number of carbonyl (C=O) groups is 2. The average molecular weight is 427 g/mol. The number of nitrogens with zero attached hydrogens (tertiary/aromatic N) is 3. The number of benzene rings is 1. The van der Waals surface area contributed by atoms with Gasteiger partial charge in [-0.15, -0.1) is 23.5 Å². The number of rotatable bonds is 7. The van der Waals surface area contributed by atoms with E-state index in [1.807, 2.05) is 0 Å². The van der Waals surface area contributed by atoms with Gasteiger partial charge in [0.1, 0.15) is 12.7 Å². The standard InChI is InChI=1S/C18H16F3N3O2S2/c1-27-17(28-2)14(15(25)10-3-4-10)16(26)12-6-5-11(18(19,20)21)7-13(12)24-9-22-8-23-24/h5-10H,3-4H2,1-2H3. The highest BCUT2D eigenvalue weighted by molar-refractivity contribution is 8.21. The summed E-state index contributed by atoms with van der Waals surface area (Å²) in [6, 6.07) is 2.78. The summed E-state index contributed by atoms with van der Waals surface area (Å²) in [5.41, 5.74) is -0.977. The largest absolute Gasteiger partial charge is 0.416 e. The summed E-state index contributed by atoms with van der Waals surface area (Å²) in [5, 5.41) is 3.86. The van der Waals surface area contributed by atoms with Crippen LogP contribution in [-0.2, 0) is 11.0 Å². The average Bonchev–Trinajstić information content (AvgIpc) is 3.38. The maximum Gasteiger partial charge on any atom is 0.416 e. The van der Waals surface area contributed by atoms with Crippen LogP contribution in [-0.4, -0.2) is 38.8 Å². The molecule has 0 amide bonds. The number of allylic oxidation sites excluding steroid dienone is 1. The first-order chi connectivity index (χ1) is 13.3. The Balaban J connectivity index is 2.16.